The van der Waals surface area contributed by atoms with E-state index in [4.69, 9.17) is 9.47 Å². The van der Waals surface area contributed by atoms with Gasteiger partial charge in [0.25, 0.3) is 0 Å². The molecular formula is C24H32N2O5S. The molecule has 1 unspecified atom stereocenters. The zero-order valence-electron chi connectivity index (χ0n) is 19.2. The molecule has 1 amide bonds. The highest BCUT2D eigenvalue weighted by molar-refractivity contribution is 7.90. The van der Waals surface area contributed by atoms with Crippen molar-refractivity contribution >= 4 is 15.9 Å². The molecule has 1 atom stereocenters. The van der Waals surface area contributed by atoms with Crippen LogP contribution in [0.15, 0.2) is 61.2 Å². The summed E-state index contributed by atoms with van der Waals surface area (Å²) in [4.78, 5) is 14.1. The highest BCUT2D eigenvalue weighted by Gasteiger charge is 2.38. The summed E-state index contributed by atoms with van der Waals surface area (Å²) in [5.74, 6) is 0.927. The van der Waals surface area contributed by atoms with Crippen LogP contribution in [0, 0.1) is 0 Å². The highest BCUT2D eigenvalue weighted by Crippen LogP contribution is 2.24. The Bertz CT molecular complexity index is 937. The molecule has 8 heteroatoms. The molecule has 0 bridgehead atoms. The van der Waals surface area contributed by atoms with Crippen LogP contribution >= 0.6 is 0 Å². The van der Waals surface area contributed by atoms with Crippen LogP contribution in [0.2, 0.25) is 0 Å². The summed E-state index contributed by atoms with van der Waals surface area (Å²) in [7, 11) is 2.31. The van der Waals surface area contributed by atoms with Crippen LogP contribution in [0.25, 0.3) is 0 Å². The zero-order valence-corrected chi connectivity index (χ0v) is 20.0. The molecule has 32 heavy (non-hydrogen) atoms. The van der Waals surface area contributed by atoms with Gasteiger partial charge in [0.2, 0.25) is 15.9 Å². The van der Waals surface area contributed by atoms with E-state index in [2.05, 4.69) is 6.58 Å². The Balaban J connectivity index is 2.44. The Labute approximate surface area is 191 Å². The first kappa shape index (κ1) is 25.4. The second-order valence-electron chi connectivity index (χ2n) is 7.60. The van der Waals surface area contributed by atoms with E-state index < -0.39 is 21.2 Å². The molecule has 0 saturated heterocycles. The molecule has 2 rings (SSSR count). The van der Waals surface area contributed by atoms with Gasteiger partial charge in [-0.2, -0.15) is 4.31 Å². The van der Waals surface area contributed by atoms with Crippen LogP contribution in [0.5, 0.6) is 11.5 Å². The van der Waals surface area contributed by atoms with E-state index in [1.807, 2.05) is 24.3 Å². The van der Waals surface area contributed by atoms with Gasteiger partial charge in [-0.15, -0.1) is 6.58 Å². The van der Waals surface area contributed by atoms with E-state index in [1.54, 1.807) is 58.7 Å². The first-order valence-electron chi connectivity index (χ1n) is 10.3. The van der Waals surface area contributed by atoms with Crippen molar-refractivity contribution in [3.63, 3.8) is 0 Å². The van der Waals surface area contributed by atoms with E-state index in [9.17, 15) is 13.2 Å². The van der Waals surface area contributed by atoms with Gasteiger partial charge in [-0.25, -0.2) is 8.42 Å². The fourth-order valence-electron chi connectivity index (χ4n) is 3.24. The third-order valence-electron chi connectivity index (χ3n) is 5.10. The van der Waals surface area contributed by atoms with Crippen molar-refractivity contribution in [1.29, 1.82) is 0 Å². The lowest BCUT2D eigenvalue weighted by atomic mass is 10.2. The molecule has 0 radical (unpaired) electrons. The smallest absolute Gasteiger partial charge is 0.241 e. The molecule has 0 aliphatic carbocycles. The van der Waals surface area contributed by atoms with Gasteiger partial charge < -0.3 is 14.4 Å². The van der Waals surface area contributed by atoms with Gasteiger partial charge in [0, 0.05) is 27.2 Å². The average Bonchev–Trinajstić information content (AvgIpc) is 2.79. The molecule has 0 aliphatic rings. The summed E-state index contributed by atoms with van der Waals surface area (Å²) in [6, 6.07) is 14.4. The first-order valence-corrected chi connectivity index (χ1v) is 11.8. The zero-order chi connectivity index (χ0) is 23.7. The van der Waals surface area contributed by atoms with E-state index >= 15 is 0 Å². The third-order valence-corrected chi connectivity index (χ3v) is 7.24. The van der Waals surface area contributed by atoms with E-state index in [0.717, 1.165) is 11.1 Å². The number of amides is 1. The molecule has 2 aromatic carbocycles. The van der Waals surface area contributed by atoms with Crippen molar-refractivity contribution in [2.24, 2.45) is 0 Å². The minimum absolute atomic E-state index is 0.129. The normalized spacial score (nSPS) is 12.3. The maximum atomic E-state index is 13.7. The van der Waals surface area contributed by atoms with Crippen LogP contribution < -0.4 is 9.47 Å². The Kier molecular flexibility index (Phi) is 9.28. The molecule has 0 spiro atoms. The van der Waals surface area contributed by atoms with Gasteiger partial charge >= 0.3 is 0 Å². The quantitative estimate of drug-likeness (QED) is 0.454. The molecule has 0 heterocycles. The lowest BCUT2D eigenvalue weighted by Crippen LogP contribution is -2.46. The number of sulfonamides is 1. The Morgan fingerprint density at radius 3 is 1.72 bits per heavy atom. The Morgan fingerprint density at radius 2 is 1.38 bits per heavy atom. The summed E-state index contributed by atoms with van der Waals surface area (Å²) in [6.07, 6.45) is 2.22. The van der Waals surface area contributed by atoms with Crippen LogP contribution in [0.3, 0.4) is 0 Å². The number of benzene rings is 2. The number of rotatable bonds is 12. The number of allylic oxidation sites excluding steroid dienone is 1. The molecule has 0 aromatic heterocycles. The fourth-order valence-corrected chi connectivity index (χ4v) is 5.16. The van der Waals surface area contributed by atoms with E-state index in [0.29, 0.717) is 17.9 Å². The average molecular weight is 461 g/mol. The van der Waals surface area contributed by atoms with Crippen molar-refractivity contribution in [3.8, 4) is 11.5 Å². The molecule has 174 valence electrons. The largest absolute Gasteiger partial charge is 0.497 e. The molecule has 2 aromatic rings. The predicted octanol–water partition coefficient (Wildman–Crippen LogP) is 3.46. The molecule has 0 saturated carbocycles. The standard InChI is InChI=1S/C24H32N2O5S/c1-6-7-8-23(24(27)25(2)3)32(28,29)26(17-19-9-13-21(30-4)14-10-19)18-20-11-15-22(31-5)16-12-20/h6,9-16,23H,1,7-8,17-18H2,2-5H3. The molecular weight excluding hydrogens is 428 g/mol. The van der Waals surface area contributed by atoms with Crippen molar-refractivity contribution in [1.82, 2.24) is 9.21 Å². The summed E-state index contributed by atoms with van der Waals surface area (Å²) >= 11 is 0. The summed E-state index contributed by atoms with van der Waals surface area (Å²) in [5, 5.41) is -1.19. The minimum Gasteiger partial charge on any atom is -0.497 e. The van der Waals surface area contributed by atoms with Crippen molar-refractivity contribution in [2.45, 2.75) is 31.2 Å². The first-order chi connectivity index (χ1) is 15.2. The topological polar surface area (TPSA) is 76.2 Å². The number of methoxy groups -OCH3 is 2. The fraction of sp³-hybridized carbons (Fsp3) is 0.375. The molecule has 0 aliphatic heterocycles. The second-order valence-corrected chi connectivity index (χ2v) is 9.71. The van der Waals surface area contributed by atoms with Gasteiger partial charge in [0.1, 0.15) is 11.5 Å². The molecule has 0 fully saturated rings. The third kappa shape index (κ3) is 6.58. The lowest BCUT2D eigenvalue weighted by Gasteiger charge is -2.28. The monoisotopic (exact) mass is 460 g/mol. The second kappa shape index (κ2) is 11.7. The van der Waals surface area contributed by atoms with Crippen LogP contribution in [0.4, 0.5) is 0 Å². The SMILES string of the molecule is C=CCCC(C(=O)N(C)C)S(=O)(=O)N(Cc1ccc(OC)cc1)Cc1ccc(OC)cc1. The molecule has 7 nitrogen and oxygen atoms in total. The van der Waals surface area contributed by atoms with Crippen LogP contribution in [0.1, 0.15) is 24.0 Å². The number of carbonyl (C=O) groups is 1. The Hall–Kier alpha value is -2.84. The van der Waals surface area contributed by atoms with Crippen molar-refractivity contribution < 1.29 is 22.7 Å². The maximum absolute atomic E-state index is 13.7. The number of carbonyl (C=O) groups excluding carboxylic acids is 1. The summed E-state index contributed by atoms with van der Waals surface area (Å²) in [5.41, 5.74) is 1.59. The van der Waals surface area contributed by atoms with Crippen molar-refractivity contribution in [2.75, 3.05) is 28.3 Å². The number of hydrogen-bond acceptors (Lipinski definition) is 5. The number of nitrogens with zero attached hydrogens (tertiary/aromatic N) is 2. The van der Waals surface area contributed by atoms with Crippen LogP contribution in [-0.4, -0.2) is 57.1 Å². The van der Waals surface area contributed by atoms with Gasteiger partial charge in [-0.05, 0) is 48.2 Å². The van der Waals surface area contributed by atoms with Gasteiger partial charge in [0.15, 0.2) is 5.25 Å². The lowest BCUT2D eigenvalue weighted by molar-refractivity contribution is -0.128. The highest BCUT2D eigenvalue weighted by atomic mass is 32.2. The predicted molar refractivity (Wildman–Crippen MR) is 126 cm³/mol. The van der Waals surface area contributed by atoms with Gasteiger partial charge in [0.05, 0.1) is 14.2 Å². The Morgan fingerprint density at radius 1 is 0.938 bits per heavy atom. The summed E-state index contributed by atoms with van der Waals surface area (Å²) in [6.45, 7) is 3.93. The number of hydrogen-bond donors (Lipinski definition) is 0. The summed E-state index contributed by atoms with van der Waals surface area (Å²) < 4.78 is 39.2. The maximum Gasteiger partial charge on any atom is 0.241 e. The van der Waals surface area contributed by atoms with E-state index in [-0.39, 0.29) is 19.5 Å². The molecule has 0 N–H and O–H groups in total. The van der Waals surface area contributed by atoms with Gasteiger partial charge in [-0.3, -0.25) is 4.79 Å². The minimum atomic E-state index is -3.98. The van der Waals surface area contributed by atoms with Crippen LogP contribution in [-0.2, 0) is 27.9 Å². The van der Waals surface area contributed by atoms with Crippen molar-refractivity contribution in [3.05, 3.63) is 72.3 Å². The number of ether oxygens (including phenoxy) is 2. The van der Waals surface area contributed by atoms with E-state index in [1.165, 1.54) is 9.21 Å². The van der Waals surface area contributed by atoms with Gasteiger partial charge in [-0.1, -0.05) is 30.3 Å².